The molecule has 1 fully saturated rings. The Morgan fingerprint density at radius 1 is 1.00 bits per heavy atom. The van der Waals surface area contributed by atoms with Crippen LogP contribution in [0.2, 0.25) is 0 Å². The van der Waals surface area contributed by atoms with Gasteiger partial charge in [0, 0.05) is 18.8 Å². The van der Waals surface area contributed by atoms with Crippen LogP contribution in [0.1, 0.15) is 47.9 Å². The average molecular weight is 417 g/mol. The molecule has 1 aliphatic heterocycles. The zero-order valence-electron chi connectivity index (χ0n) is 16.6. The van der Waals surface area contributed by atoms with Gasteiger partial charge in [0.25, 0.3) is 15.2 Å². The second-order valence-corrected chi connectivity index (χ2v) is 9.95. The minimum atomic E-state index is -3.69. The van der Waals surface area contributed by atoms with Crippen LogP contribution < -0.4 is 10.0 Å². The summed E-state index contributed by atoms with van der Waals surface area (Å²) in [5.41, 5.74) is 6.64. The quantitative estimate of drug-likeness (QED) is 0.637. The molecule has 156 valence electrons. The molecule has 0 spiro atoms. The number of rotatable bonds is 7. The van der Waals surface area contributed by atoms with Crippen LogP contribution in [0.5, 0.6) is 0 Å². The monoisotopic (exact) mass is 416 g/mol. The summed E-state index contributed by atoms with van der Waals surface area (Å²) in [4.78, 5) is 6.51. The average Bonchev–Trinajstić information content (AvgIpc) is 3.48. The number of nitrogens with one attached hydrogen (secondary N) is 3. The number of nitrogens with zero attached hydrogens (tertiary/aromatic N) is 3. The van der Waals surface area contributed by atoms with Crippen molar-refractivity contribution in [3.8, 4) is 0 Å². The van der Waals surface area contributed by atoms with E-state index in [4.69, 9.17) is 0 Å². The maximum atomic E-state index is 12.6. The van der Waals surface area contributed by atoms with Crippen LogP contribution >= 0.6 is 0 Å². The summed E-state index contributed by atoms with van der Waals surface area (Å²) < 4.78 is 27.7. The van der Waals surface area contributed by atoms with Gasteiger partial charge in [-0.3, -0.25) is 0 Å². The number of hydrogen-bond donors (Lipinski definition) is 3. The van der Waals surface area contributed by atoms with Gasteiger partial charge in [0.2, 0.25) is 5.95 Å². The number of anilines is 2. The Labute approximate surface area is 171 Å². The molecule has 2 aliphatic carbocycles. The fourth-order valence-electron chi connectivity index (χ4n) is 4.91. The predicted molar refractivity (Wildman–Crippen MR) is 111 cm³/mol. The lowest BCUT2D eigenvalue weighted by molar-refractivity contribution is 0.344. The van der Waals surface area contributed by atoms with E-state index in [0.29, 0.717) is 12.5 Å². The van der Waals surface area contributed by atoms with Gasteiger partial charge >= 0.3 is 0 Å². The van der Waals surface area contributed by atoms with Crippen molar-refractivity contribution in [3.63, 3.8) is 0 Å². The molecule has 0 amide bonds. The second-order valence-electron chi connectivity index (χ2n) is 8.27. The van der Waals surface area contributed by atoms with Gasteiger partial charge in [-0.25, -0.2) is 18.2 Å². The van der Waals surface area contributed by atoms with E-state index < -0.39 is 10.0 Å². The van der Waals surface area contributed by atoms with Crippen LogP contribution in [0.3, 0.4) is 0 Å². The van der Waals surface area contributed by atoms with Gasteiger partial charge in [-0.05, 0) is 86.7 Å². The van der Waals surface area contributed by atoms with Crippen LogP contribution in [-0.4, -0.2) is 54.7 Å². The largest absolute Gasteiger partial charge is 0.322 e. The number of aryl methyl sites for hydroxylation is 2. The fraction of sp³-hybridized carbons (Fsp3) is 0.600. The Morgan fingerprint density at radius 2 is 1.69 bits per heavy atom. The van der Waals surface area contributed by atoms with Crippen molar-refractivity contribution >= 4 is 21.7 Å². The highest BCUT2D eigenvalue weighted by Crippen LogP contribution is 2.39. The maximum Gasteiger partial charge on any atom is 0.275 e. The lowest BCUT2D eigenvalue weighted by atomic mass is 9.99. The summed E-state index contributed by atoms with van der Waals surface area (Å²) in [6, 6.07) is 2.37. The van der Waals surface area contributed by atoms with Crippen molar-refractivity contribution in [3.05, 3.63) is 28.3 Å². The van der Waals surface area contributed by atoms with E-state index in [9.17, 15) is 8.42 Å². The minimum absolute atomic E-state index is 0.134. The third-order valence-corrected chi connectivity index (χ3v) is 7.62. The topological polar surface area (TPSA) is 103 Å². The number of benzene rings is 1. The van der Waals surface area contributed by atoms with E-state index in [0.717, 1.165) is 51.0 Å². The van der Waals surface area contributed by atoms with Crippen LogP contribution in [0, 0.1) is 0 Å². The fourth-order valence-corrected chi connectivity index (χ4v) is 5.78. The molecule has 1 saturated heterocycles. The predicted octanol–water partition coefficient (Wildman–Crippen LogP) is 1.90. The van der Waals surface area contributed by atoms with Gasteiger partial charge in [-0.1, -0.05) is 6.07 Å². The first-order chi connectivity index (χ1) is 14.1. The Bertz CT molecular complexity index is 978. The second kappa shape index (κ2) is 7.70. The third kappa shape index (κ3) is 3.78. The summed E-state index contributed by atoms with van der Waals surface area (Å²) in [7, 11) is -3.69. The van der Waals surface area contributed by atoms with Crippen molar-refractivity contribution in [2.75, 3.05) is 31.5 Å². The molecule has 29 heavy (non-hydrogen) atoms. The molecular formula is C20H28N6O2S. The number of hydrogen-bond acceptors (Lipinski definition) is 6. The SMILES string of the molecule is O=S(=O)(NCCN1CCCC1)c1nc(Nc2c3c(cc4c2CCC4)CCC3)n[nH]1. The molecule has 0 unspecified atom stereocenters. The zero-order chi connectivity index (χ0) is 19.8. The van der Waals surface area contributed by atoms with Crippen molar-refractivity contribution in [2.24, 2.45) is 0 Å². The highest BCUT2D eigenvalue weighted by Gasteiger charge is 2.26. The van der Waals surface area contributed by atoms with E-state index in [1.807, 2.05) is 0 Å². The molecule has 9 heteroatoms. The first-order valence-electron chi connectivity index (χ1n) is 10.7. The number of likely N-dealkylation sites (tertiary alicyclic amines) is 1. The molecule has 2 heterocycles. The van der Waals surface area contributed by atoms with E-state index in [1.54, 1.807) is 0 Å². The molecule has 0 saturated carbocycles. The molecule has 3 N–H and O–H groups in total. The molecule has 1 aromatic heterocycles. The van der Waals surface area contributed by atoms with Gasteiger partial charge in [-0.2, -0.15) is 4.98 Å². The number of H-pyrrole nitrogens is 1. The number of sulfonamides is 1. The summed E-state index contributed by atoms with van der Waals surface area (Å²) in [5, 5.41) is 9.94. The molecule has 0 atom stereocenters. The summed E-state index contributed by atoms with van der Waals surface area (Å²) in [5.74, 6) is 0.319. The third-order valence-electron chi connectivity index (χ3n) is 6.35. The van der Waals surface area contributed by atoms with Crippen LogP contribution in [0.25, 0.3) is 0 Å². The van der Waals surface area contributed by atoms with Gasteiger partial charge in [0.05, 0.1) is 0 Å². The first-order valence-corrected chi connectivity index (χ1v) is 12.2. The van der Waals surface area contributed by atoms with Crippen molar-refractivity contribution in [1.82, 2.24) is 24.8 Å². The minimum Gasteiger partial charge on any atom is -0.322 e. The number of fused-ring (bicyclic) bond motifs is 2. The Balaban J connectivity index is 1.31. The Kier molecular flexibility index (Phi) is 5.05. The van der Waals surface area contributed by atoms with Gasteiger partial charge < -0.3 is 10.2 Å². The summed E-state index contributed by atoms with van der Waals surface area (Å²) >= 11 is 0. The van der Waals surface area contributed by atoms with Crippen LogP contribution in [0.15, 0.2) is 11.2 Å². The van der Waals surface area contributed by atoms with E-state index in [1.165, 1.54) is 47.9 Å². The van der Waals surface area contributed by atoms with E-state index in [-0.39, 0.29) is 5.16 Å². The summed E-state index contributed by atoms with van der Waals surface area (Å²) in [6.07, 6.45) is 9.06. The molecular weight excluding hydrogens is 388 g/mol. The summed E-state index contributed by atoms with van der Waals surface area (Å²) in [6.45, 7) is 3.19. The van der Waals surface area contributed by atoms with Gasteiger partial charge in [0.15, 0.2) is 0 Å². The normalized spacial score (nSPS) is 18.9. The van der Waals surface area contributed by atoms with Crippen molar-refractivity contribution < 1.29 is 8.42 Å². The number of aromatic amines is 1. The highest BCUT2D eigenvalue weighted by molar-refractivity contribution is 7.89. The highest BCUT2D eigenvalue weighted by atomic mass is 32.2. The first kappa shape index (κ1) is 19.0. The standard InChI is InChI=1S/C20H28N6O2S/c27-29(28,21-9-12-26-10-1-2-11-26)20-23-19(24-25-20)22-18-16-7-3-5-14(16)13-15-6-4-8-17(15)18/h13,21H,1-12H2,(H2,22,23,24,25). The smallest absolute Gasteiger partial charge is 0.275 e. The molecule has 5 rings (SSSR count). The van der Waals surface area contributed by atoms with Crippen LogP contribution in [-0.2, 0) is 35.7 Å². The lowest BCUT2D eigenvalue weighted by Crippen LogP contribution is -2.33. The van der Waals surface area contributed by atoms with E-state index >= 15 is 0 Å². The molecule has 0 bridgehead atoms. The Hall–Kier alpha value is -1.97. The number of aromatic nitrogens is 3. The Morgan fingerprint density at radius 3 is 2.38 bits per heavy atom. The van der Waals surface area contributed by atoms with Gasteiger partial charge in [-0.15, -0.1) is 5.10 Å². The molecule has 3 aliphatic rings. The van der Waals surface area contributed by atoms with E-state index in [2.05, 4.69) is 36.2 Å². The molecule has 2 aromatic rings. The lowest BCUT2D eigenvalue weighted by Gasteiger charge is -2.15. The molecule has 0 radical (unpaired) electrons. The van der Waals surface area contributed by atoms with Crippen molar-refractivity contribution in [2.45, 2.75) is 56.5 Å². The molecule has 1 aromatic carbocycles. The maximum absolute atomic E-state index is 12.6. The van der Waals surface area contributed by atoms with Crippen LogP contribution in [0.4, 0.5) is 11.6 Å². The van der Waals surface area contributed by atoms with Crippen molar-refractivity contribution in [1.29, 1.82) is 0 Å². The molecule has 8 nitrogen and oxygen atoms in total. The van der Waals surface area contributed by atoms with Gasteiger partial charge in [0.1, 0.15) is 0 Å². The zero-order valence-corrected chi connectivity index (χ0v) is 17.4.